The van der Waals surface area contributed by atoms with Gasteiger partial charge in [0.15, 0.2) is 0 Å². The summed E-state index contributed by atoms with van der Waals surface area (Å²) in [5, 5.41) is 6.89. The van der Waals surface area contributed by atoms with Gasteiger partial charge in [-0.25, -0.2) is 4.98 Å². The second kappa shape index (κ2) is 7.92. The molecule has 0 spiro atoms. The zero-order valence-corrected chi connectivity index (χ0v) is 13.1. The maximum Gasteiger partial charge on any atom is 0.224 e. The van der Waals surface area contributed by atoms with Crippen LogP contribution < -0.4 is 10.1 Å². The van der Waals surface area contributed by atoms with Crippen LogP contribution >= 0.6 is 0 Å². The zero-order chi connectivity index (χ0) is 16.6. The van der Waals surface area contributed by atoms with Crippen molar-refractivity contribution in [1.29, 1.82) is 0 Å². The summed E-state index contributed by atoms with van der Waals surface area (Å²) in [5.74, 6) is 1.41. The van der Waals surface area contributed by atoms with Gasteiger partial charge in [0.2, 0.25) is 5.91 Å². The fourth-order valence-electron chi connectivity index (χ4n) is 2.24. The second-order valence-corrected chi connectivity index (χ2v) is 5.25. The Morgan fingerprint density at radius 3 is 2.71 bits per heavy atom. The van der Waals surface area contributed by atoms with Gasteiger partial charge in [-0.05, 0) is 30.7 Å². The largest absolute Gasteiger partial charge is 0.457 e. The van der Waals surface area contributed by atoms with Gasteiger partial charge >= 0.3 is 0 Å². The highest BCUT2D eigenvalue weighted by molar-refractivity contribution is 5.90. The van der Waals surface area contributed by atoms with Crippen molar-refractivity contribution in [2.24, 2.45) is 0 Å². The van der Waals surface area contributed by atoms with Crippen molar-refractivity contribution < 1.29 is 9.53 Å². The molecule has 0 atom stereocenters. The number of nitrogens with zero attached hydrogens (tertiary/aromatic N) is 3. The predicted molar refractivity (Wildman–Crippen MR) is 90.8 cm³/mol. The maximum absolute atomic E-state index is 12.0. The molecule has 0 aliphatic heterocycles. The van der Waals surface area contributed by atoms with Crippen molar-refractivity contribution in [3.8, 4) is 11.5 Å². The monoisotopic (exact) mass is 322 g/mol. The normalized spacial score (nSPS) is 10.3. The van der Waals surface area contributed by atoms with E-state index in [-0.39, 0.29) is 5.91 Å². The summed E-state index contributed by atoms with van der Waals surface area (Å²) in [6.45, 7) is 0.671. The standard InChI is InChI=1S/C18H18N4O2/c23-18(10-5-11-22-14-19-13-20-22)21-15-6-4-9-17(12-15)24-16-7-2-1-3-8-16/h1-4,6-9,12-14H,5,10-11H2,(H,21,23). The summed E-state index contributed by atoms with van der Waals surface area (Å²) in [6.07, 6.45) is 4.25. The van der Waals surface area contributed by atoms with Crippen LogP contribution in [0, 0.1) is 0 Å². The Labute approximate surface area is 140 Å². The summed E-state index contributed by atoms with van der Waals surface area (Å²) in [7, 11) is 0. The number of rotatable bonds is 7. The molecule has 24 heavy (non-hydrogen) atoms. The van der Waals surface area contributed by atoms with E-state index in [1.54, 1.807) is 11.0 Å². The molecule has 0 saturated carbocycles. The lowest BCUT2D eigenvalue weighted by atomic mass is 10.2. The average Bonchev–Trinajstić information content (AvgIpc) is 3.09. The van der Waals surface area contributed by atoms with E-state index in [4.69, 9.17) is 4.74 Å². The van der Waals surface area contributed by atoms with Crippen molar-refractivity contribution in [1.82, 2.24) is 14.8 Å². The van der Waals surface area contributed by atoms with Gasteiger partial charge in [-0.1, -0.05) is 24.3 Å². The molecule has 3 aromatic rings. The minimum Gasteiger partial charge on any atom is -0.457 e. The minimum absolute atomic E-state index is 0.0352. The summed E-state index contributed by atoms with van der Waals surface area (Å²) in [4.78, 5) is 15.9. The Bertz CT molecular complexity index is 773. The molecular formula is C18H18N4O2. The molecule has 2 aromatic carbocycles. The van der Waals surface area contributed by atoms with E-state index in [9.17, 15) is 4.79 Å². The van der Waals surface area contributed by atoms with Crippen LogP contribution in [0.4, 0.5) is 5.69 Å². The third kappa shape index (κ3) is 4.67. The fourth-order valence-corrected chi connectivity index (χ4v) is 2.24. The molecule has 0 fully saturated rings. The molecule has 0 bridgehead atoms. The predicted octanol–water partition coefficient (Wildman–Crippen LogP) is 3.49. The number of aryl methyl sites for hydroxylation is 1. The van der Waals surface area contributed by atoms with E-state index >= 15 is 0 Å². The zero-order valence-electron chi connectivity index (χ0n) is 13.1. The first kappa shape index (κ1) is 15.7. The third-order valence-electron chi connectivity index (χ3n) is 3.35. The molecule has 3 rings (SSSR count). The molecule has 1 aromatic heterocycles. The Kier molecular flexibility index (Phi) is 5.19. The summed E-state index contributed by atoms with van der Waals surface area (Å²) in [6, 6.07) is 16.9. The maximum atomic E-state index is 12.0. The van der Waals surface area contributed by atoms with Gasteiger partial charge in [-0.3, -0.25) is 9.48 Å². The molecule has 6 nitrogen and oxygen atoms in total. The van der Waals surface area contributed by atoms with E-state index < -0.39 is 0 Å². The number of anilines is 1. The number of hydrogen-bond acceptors (Lipinski definition) is 4. The van der Waals surface area contributed by atoms with Gasteiger partial charge in [-0.2, -0.15) is 5.10 Å². The second-order valence-electron chi connectivity index (χ2n) is 5.25. The topological polar surface area (TPSA) is 69.0 Å². The lowest BCUT2D eigenvalue weighted by Gasteiger charge is -2.09. The van der Waals surface area contributed by atoms with Crippen molar-refractivity contribution in [2.45, 2.75) is 19.4 Å². The molecule has 0 unspecified atom stereocenters. The van der Waals surface area contributed by atoms with Crippen LogP contribution in [0.3, 0.4) is 0 Å². The number of benzene rings is 2. The molecule has 1 N–H and O–H groups in total. The van der Waals surface area contributed by atoms with Gasteiger partial charge in [-0.15, -0.1) is 0 Å². The third-order valence-corrected chi connectivity index (χ3v) is 3.35. The van der Waals surface area contributed by atoms with E-state index in [2.05, 4.69) is 15.4 Å². The highest BCUT2D eigenvalue weighted by Gasteiger charge is 2.04. The molecule has 1 heterocycles. The number of aromatic nitrogens is 3. The van der Waals surface area contributed by atoms with Crippen LogP contribution in [0.15, 0.2) is 67.3 Å². The first-order valence-corrected chi connectivity index (χ1v) is 7.75. The Morgan fingerprint density at radius 1 is 1.08 bits per heavy atom. The van der Waals surface area contributed by atoms with Gasteiger partial charge in [0.25, 0.3) is 0 Å². The van der Waals surface area contributed by atoms with Crippen LogP contribution in [0.5, 0.6) is 11.5 Å². The van der Waals surface area contributed by atoms with Gasteiger partial charge in [0.1, 0.15) is 24.2 Å². The summed E-state index contributed by atoms with van der Waals surface area (Å²) >= 11 is 0. The number of para-hydroxylation sites is 1. The number of nitrogens with one attached hydrogen (secondary N) is 1. The van der Waals surface area contributed by atoms with Crippen molar-refractivity contribution >= 4 is 11.6 Å². The molecular weight excluding hydrogens is 304 g/mol. The van der Waals surface area contributed by atoms with E-state index in [1.807, 2.05) is 54.6 Å². The first-order chi connectivity index (χ1) is 11.8. The number of amides is 1. The van der Waals surface area contributed by atoms with Crippen LogP contribution in [0.1, 0.15) is 12.8 Å². The Balaban J connectivity index is 1.51. The number of hydrogen-bond donors (Lipinski definition) is 1. The van der Waals surface area contributed by atoms with Gasteiger partial charge in [0, 0.05) is 24.7 Å². The number of carbonyl (C=O) groups is 1. The van der Waals surface area contributed by atoms with Crippen LogP contribution in [0.25, 0.3) is 0 Å². The first-order valence-electron chi connectivity index (χ1n) is 7.75. The van der Waals surface area contributed by atoms with Gasteiger partial charge in [0.05, 0.1) is 0 Å². The molecule has 0 radical (unpaired) electrons. The molecule has 1 amide bonds. The lowest BCUT2D eigenvalue weighted by molar-refractivity contribution is -0.116. The van der Waals surface area contributed by atoms with Gasteiger partial charge < -0.3 is 10.1 Å². The molecule has 0 aliphatic carbocycles. The Morgan fingerprint density at radius 2 is 1.92 bits per heavy atom. The SMILES string of the molecule is O=C(CCCn1cncn1)Nc1cccc(Oc2ccccc2)c1. The molecule has 6 heteroatoms. The quantitative estimate of drug-likeness (QED) is 0.723. The molecule has 122 valence electrons. The fraction of sp³-hybridized carbons (Fsp3) is 0.167. The van der Waals surface area contributed by atoms with Crippen LogP contribution in [-0.2, 0) is 11.3 Å². The van der Waals surface area contributed by atoms with Crippen LogP contribution in [0.2, 0.25) is 0 Å². The summed E-state index contributed by atoms with van der Waals surface area (Å²) < 4.78 is 7.47. The summed E-state index contributed by atoms with van der Waals surface area (Å²) in [5.41, 5.74) is 0.717. The van der Waals surface area contributed by atoms with E-state index in [0.29, 0.717) is 30.8 Å². The smallest absolute Gasteiger partial charge is 0.224 e. The van der Waals surface area contributed by atoms with Crippen molar-refractivity contribution in [3.63, 3.8) is 0 Å². The highest BCUT2D eigenvalue weighted by Crippen LogP contribution is 2.23. The lowest BCUT2D eigenvalue weighted by Crippen LogP contribution is -2.12. The van der Waals surface area contributed by atoms with E-state index in [1.165, 1.54) is 6.33 Å². The highest BCUT2D eigenvalue weighted by atomic mass is 16.5. The Hall–Kier alpha value is -3.15. The number of ether oxygens (including phenoxy) is 1. The van der Waals surface area contributed by atoms with E-state index in [0.717, 1.165) is 5.75 Å². The van der Waals surface area contributed by atoms with Crippen LogP contribution in [-0.4, -0.2) is 20.7 Å². The molecule has 0 aliphatic rings. The van der Waals surface area contributed by atoms with Crippen molar-refractivity contribution in [2.75, 3.05) is 5.32 Å². The number of carbonyl (C=O) groups excluding carboxylic acids is 1. The average molecular weight is 322 g/mol. The molecule has 0 saturated heterocycles. The minimum atomic E-state index is -0.0352. The van der Waals surface area contributed by atoms with Crippen molar-refractivity contribution in [3.05, 3.63) is 67.3 Å².